The second-order valence-corrected chi connectivity index (χ2v) is 10.8. The molecule has 3 unspecified atom stereocenters. The summed E-state index contributed by atoms with van der Waals surface area (Å²) in [5, 5.41) is 8.92. The summed E-state index contributed by atoms with van der Waals surface area (Å²) in [4.78, 5) is 32.1. The van der Waals surface area contributed by atoms with E-state index in [1.54, 1.807) is 12.1 Å². The van der Waals surface area contributed by atoms with Crippen LogP contribution in [0.5, 0.6) is 5.88 Å². The molecule has 164 valence electrons. The summed E-state index contributed by atoms with van der Waals surface area (Å²) in [6.07, 6.45) is 6.32. The highest BCUT2D eigenvalue weighted by Gasteiger charge is 2.61. The molecular weight excluding hydrogens is 392 g/mol. The van der Waals surface area contributed by atoms with Gasteiger partial charge in [0.2, 0.25) is 17.7 Å². The van der Waals surface area contributed by atoms with Gasteiger partial charge in [-0.2, -0.15) is 5.26 Å². The first-order valence-corrected chi connectivity index (χ1v) is 11.3. The molecule has 0 spiro atoms. The van der Waals surface area contributed by atoms with Crippen LogP contribution in [-0.4, -0.2) is 40.9 Å². The molecule has 1 aromatic rings. The van der Waals surface area contributed by atoms with Crippen LogP contribution >= 0.6 is 0 Å². The summed E-state index contributed by atoms with van der Waals surface area (Å²) in [5.41, 5.74) is 5.48. The molecule has 7 heteroatoms. The quantitative estimate of drug-likeness (QED) is 0.784. The smallest absolute Gasteiger partial charge is 0.228 e. The minimum Gasteiger partial charge on any atom is -0.477 e. The standard InChI is InChI=1S/C24H30N4O3/c1-23(2)18(13-31-19-4-3-14(10-25)11-27-19)12-28(22(23)30)20-16-5-15-6-17(20)9-24(7-15,8-16)21(26)29/h3-4,11,15-18,20H,5-9,12-13H2,1-2H3,(H2,26,29)/t15?,16?,17?,18?,20-,24+. The number of hydrogen-bond donors (Lipinski definition) is 1. The van der Waals surface area contributed by atoms with Gasteiger partial charge >= 0.3 is 0 Å². The number of amides is 2. The van der Waals surface area contributed by atoms with Crippen molar-refractivity contribution in [2.75, 3.05) is 13.2 Å². The van der Waals surface area contributed by atoms with Crippen LogP contribution in [0.25, 0.3) is 0 Å². The lowest BCUT2D eigenvalue weighted by Crippen LogP contribution is -2.62. The zero-order valence-corrected chi connectivity index (χ0v) is 18.2. The van der Waals surface area contributed by atoms with Gasteiger partial charge < -0.3 is 15.4 Å². The largest absolute Gasteiger partial charge is 0.477 e. The van der Waals surface area contributed by atoms with Crippen LogP contribution in [0.4, 0.5) is 0 Å². The Morgan fingerprint density at radius 3 is 2.58 bits per heavy atom. The molecule has 1 aliphatic heterocycles. The van der Waals surface area contributed by atoms with Crippen molar-refractivity contribution >= 4 is 11.8 Å². The average Bonchev–Trinajstić information content (AvgIpc) is 2.95. The van der Waals surface area contributed by atoms with E-state index in [1.807, 2.05) is 19.9 Å². The van der Waals surface area contributed by atoms with Gasteiger partial charge in [0.1, 0.15) is 6.07 Å². The number of nitriles is 1. The predicted octanol–water partition coefficient (Wildman–Crippen LogP) is 2.50. The molecule has 4 saturated carbocycles. The van der Waals surface area contributed by atoms with E-state index in [2.05, 4.69) is 9.88 Å². The third-order valence-electron chi connectivity index (χ3n) is 8.65. The van der Waals surface area contributed by atoms with Gasteiger partial charge in [0.05, 0.1) is 17.6 Å². The maximum absolute atomic E-state index is 13.5. The van der Waals surface area contributed by atoms with Gasteiger partial charge in [-0.05, 0) is 55.9 Å². The highest BCUT2D eigenvalue weighted by molar-refractivity contribution is 5.85. The molecule has 6 rings (SSSR count). The van der Waals surface area contributed by atoms with Crippen LogP contribution in [0.2, 0.25) is 0 Å². The number of likely N-dealkylation sites (tertiary alicyclic amines) is 1. The topological polar surface area (TPSA) is 109 Å². The zero-order chi connectivity index (χ0) is 22.0. The van der Waals surface area contributed by atoms with Crippen molar-refractivity contribution in [3.8, 4) is 11.9 Å². The van der Waals surface area contributed by atoms with Crippen LogP contribution in [0, 0.1) is 45.8 Å². The van der Waals surface area contributed by atoms with E-state index < -0.39 is 5.41 Å². The van der Waals surface area contributed by atoms with E-state index in [9.17, 15) is 9.59 Å². The first-order valence-electron chi connectivity index (χ1n) is 11.3. The zero-order valence-electron chi connectivity index (χ0n) is 18.2. The number of ether oxygens (including phenoxy) is 1. The van der Waals surface area contributed by atoms with Gasteiger partial charge in [-0.15, -0.1) is 0 Å². The Morgan fingerprint density at radius 2 is 2.00 bits per heavy atom. The maximum Gasteiger partial charge on any atom is 0.228 e. The SMILES string of the molecule is CC1(C)C(=O)N([C@H]2C3CC4CC2C[C@@](C(N)=O)(C4)C3)CC1COc1ccc(C#N)cn1. The Morgan fingerprint density at radius 1 is 1.29 bits per heavy atom. The molecule has 3 atom stereocenters. The summed E-state index contributed by atoms with van der Waals surface area (Å²) in [7, 11) is 0. The lowest BCUT2D eigenvalue weighted by atomic mass is 9.47. The van der Waals surface area contributed by atoms with Crippen molar-refractivity contribution in [2.24, 2.45) is 40.2 Å². The second-order valence-electron chi connectivity index (χ2n) is 10.8. The Balaban J connectivity index is 1.31. The van der Waals surface area contributed by atoms with Crippen molar-refractivity contribution in [3.63, 3.8) is 0 Å². The van der Waals surface area contributed by atoms with Gasteiger partial charge in [-0.3, -0.25) is 9.59 Å². The number of hydrogen-bond acceptors (Lipinski definition) is 5. The molecule has 31 heavy (non-hydrogen) atoms. The van der Waals surface area contributed by atoms with E-state index in [0.717, 1.165) is 32.1 Å². The molecule has 1 aromatic heterocycles. The van der Waals surface area contributed by atoms with E-state index in [4.69, 9.17) is 15.7 Å². The number of nitrogens with zero attached hydrogens (tertiary/aromatic N) is 3. The Bertz CT molecular complexity index is 935. The van der Waals surface area contributed by atoms with Crippen LogP contribution in [0.1, 0.15) is 51.5 Å². The first kappa shape index (κ1) is 20.3. The molecule has 5 aliphatic rings. The highest BCUT2D eigenvalue weighted by atomic mass is 16.5. The molecule has 2 N–H and O–H groups in total. The van der Waals surface area contributed by atoms with Crippen molar-refractivity contribution in [1.29, 1.82) is 5.26 Å². The molecule has 0 radical (unpaired) electrons. The summed E-state index contributed by atoms with van der Waals surface area (Å²) < 4.78 is 5.91. The van der Waals surface area contributed by atoms with Gasteiger partial charge in [0.15, 0.2) is 0 Å². The summed E-state index contributed by atoms with van der Waals surface area (Å²) >= 11 is 0. The van der Waals surface area contributed by atoms with Crippen molar-refractivity contribution in [3.05, 3.63) is 23.9 Å². The fraction of sp³-hybridized carbons (Fsp3) is 0.667. The third kappa shape index (κ3) is 3.10. The first-order chi connectivity index (χ1) is 14.7. The van der Waals surface area contributed by atoms with E-state index >= 15 is 0 Å². The van der Waals surface area contributed by atoms with E-state index in [1.165, 1.54) is 6.20 Å². The van der Waals surface area contributed by atoms with Crippen molar-refractivity contribution in [2.45, 2.75) is 52.0 Å². The number of primary amides is 1. The van der Waals surface area contributed by atoms with Crippen LogP contribution in [0.15, 0.2) is 18.3 Å². The molecule has 2 heterocycles. The molecule has 0 aromatic carbocycles. The number of aromatic nitrogens is 1. The molecule has 1 saturated heterocycles. The van der Waals surface area contributed by atoms with Gasteiger partial charge in [0.25, 0.3) is 0 Å². The lowest BCUT2D eigenvalue weighted by Gasteiger charge is -2.60. The summed E-state index contributed by atoms with van der Waals surface area (Å²) in [5.74, 6) is 1.91. The number of carbonyl (C=O) groups is 2. The summed E-state index contributed by atoms with van der Waals surface area (Å²) in [6.45, 7) is 5.10. The minimum atomic E-state index is -0.511. The number of rotatable bonds is 5. The highest BCUT2D eigenvalue weighted by Crippen LogP contribution is 2.61. The van der Waals surface area contributed by atoms with E-state index in [0.29, 0.717) is 42.3 Å². The minimum absolute atomic E-state index is 0.0553. The molecule has 4 aliphatic carbocycles. The van der Waals surface area contributed by atoms with E-state index in [-0.39, 0.29) is 29.2 Å². The van der Waals surface area contributed by atoms with Gasteiger partial charge in [-0.25, -0.2) is 4.98 Å². The molecule has 4 bridgehead atoms. The molecular formula is C24H30N4O3. The van der Waals surface area contributed by atoms with Crippen LogP contribution < -0.4 is 10.5 Å². The third-order valence-corrected chi connectivity index (χ3v) is 8.65. The number of pyridine rings is 1. The summed E-state index contributed by atoms with van der Waals surface area (Å²) in [6, 6.07) is 5.64. The fourth-order valence-electron chi connectivity index (χ4n) is 7.14. The van der Waals surface area contributed by atoms with Crippen molar-refractivity contribution < 1.29 is 14.3 Å². The Labute approximate surface area is 182 Å². The lowest BCUT2D eigenvalue weighted by molar-refractivity contribution is -0.159. The van der Waals surface area contributed by atoms with Gasteiger partial charge in [-0.1, -0.05) is 13.8 Å². The van der Waals surface area contributed by atoms with Crippen LogP contribution in [0.3, 0.4) is 0 Å². The second kappa shape index (κ2) is 6.94. The Kier molecular flexibility index (Phi) is 4.55. The fourth-order valence-corrected chi connectivity index (χ4v) is 7.14. The predicted molar refractivity (Wildman–Crippen MR) is 112 cm³/mol. The number of nitrogens with two attached hydrogens (primary N) is 1. The van der Waals surface area contributed by atoms with Gasteiger partial charge in [0, 0.05) is 36.2 Å². The molecule has 7 nitrogen and oxygen atoms in total. The molecule has 2 amide bonds. The average molecular weight is 423 g/mol. The van der Waals surface area contributed by atoms with Crippen LogP contribution in [-0.2, 0) is 9.59 Å². The monoisotopic (exact) mass is 422 g/mol. The number of carbonyl (C=O) groups excluding carboxylic acids is 2. The normalized spacial score (nSPS) is 37.6. The Hall–Kier alpha value is -2.62. The maximum atomic E-state index is 13.5. The molecule has 5 fully saturated rings. The van der Waals surface area contributed by atoms with Crippen molar-refractivity contribution in [1.82, 2.24) is 9.88 Å².